The monoisotopic (exact) mass is 349 g/mol. The number of hydrogen-bond acceptors (Lipinski definition) is 4. The van der Waals surface area contributed by atoms with Crippen molar-refractivity contribution in [2.75, 3.05) is 0 Å². The number of thiophene rings is 1. The topological polar surface area (TPSA) is 55.4 Å². The van der Waals surface area contributed by atoms with Gasteiger partial charge >= 0.3 is 5.97 Å². The smallest absolute Gasteiger partial charge is 0.349 e. The minimum atomic E-state index is -0.788. The fourth-order valence-electron chi connectivity index (χ4n) is 2.04. The molecule has 3 rings (SSSR count). The number of carbonyl (C=O) groups excluding carboxylic acids is 2. The Morgan fingerprint density at radius 2 is 1.91 bits per heavy atom. The maximum Gasteiger partial charge on any atom is 0.349 e. The van der Waals surface area contributed by atoms with E-state index in [1.54, 1.807) is 25.1 Å². The lowest BCUT2D eigenvalue weighted by atomic mass is 10.2. The molecule has 23 heavy (non-hydrogen) atoms. The third kappa shape index (κ3) is 4.12. The van der Waals surface area contributed by atoms with Crippen LogP contribution in [0.15, 0.2) is 36.4 Å². The second kappa shape index (κ2) is 6.72. The number of amides is 1. The van der Waals surface area contributed by atoms with Crippen LogP contribution in [0.4, 0.5) is 0 Å². The molecule has 1 saturated carbocycles. The van der Waals surface area contributed by atoms with Gasteiger partial charge in [-0.3, -0.25) is 4.79 Å². The predicted molar refractivity (Wildman–Crippen MR) is 90.8 cm³/mol. The Morgan fingerprint density at radius 3 is 2.57 bits per heavy atom. The van der Waals surface area contributed by atoms with Crippen molar-refractivity contribution in [3.63, 3.8) is 0 Å². The average molecular weight is 350 g/mol. The highest BCUT2D eigenvalue weighted by molar-refractivity contribution is 7.17. The van der Waals surface area contributed by atoms with E-state index < -0.39 is 12.1 Å². The highest BCUT2D eigenvalue weighted by atomic mass is 35.5. The lowest BCUT2D eigenvalue weighted by molar-refractivity contribution is -0.129. The Balaban J connectivity index is 1.63. The van der Waals surface area contributed by atoms with Crippen molar-refractivity contribution >= 4 is 34.8 Å². The third-order valence-electron chi connectivity index (χ3n) is 3.51. The van der Waals surface area contributed by atoms with Crippen LogP contribution in [0.25, 0.3) is 10.4 Å². The first-order valence-corrected chi connectivity index (χ1v) is 8.59. The maximum absolute atomic E-state index is 12.1. The van der Waals surface area contributed by atoms with Crippen LogP contribution in [0, 0.1) is 0 Å². The summed E-state index contributed by atoms with van der Waals surface area (Å²) < 4.78 is 5.23. The molecule has 4 nitrogen and oxygen atoms in total. The highest BCUT2D eigenvalue weighted by Gasteiger charge is 2.27. The van der Waals surface area contributed by atoms with E-state index in [1.807, 2.05) is 18.2 Å². The second-order valence-electron chi connectivity index (χ2n) is 5.50. The molecular weight excluding hydrogens is 334 g/mol. The number of hydrogen-bond donors (Lipinski definition) is 1. The van der Waals surface area contributed by atoms with Gasteiger partial charge in [-0.15, -0.1) is 11.3 Å². The molecule has 1 aromatic carbocycles. The number of ether oxygens (including phenoxy) is 1. The number of nitrogens with one attached hydrogen (secondary N) is 1. The molecule has 1 atom stereocenters. The Kier molecular flexibility index (Phi) is 4.68. The molecule has 1 aliphatic rings. The summed E-state index contributed by atoms with van der Waals surface area (Å²) in [7, 11) is 0. The third-order valence-corrected chi connectivity index (χ3v) is 4.88. The SMILES string of the molecule is C[C@@H](OC(=O)c1ccc(-c2ccc(Cl)cc2)s1)C(=O)NC1CC1. The molecule has 0 unspecified atom stereocenters. The molecule has 0 aliphatic heterocycles. The van der Waals surface area contributed by atoms with Gasteiger partial charge in [-0.2, -0.15) is 0 Å². The van der Waals surface area contributed by atoms with E-state index in [0.717, 1.165) is 23.3 Å². The van der Waals surface area contributed by atoms with Crippen LogP contribution in [0.5, 0.6) is 0 Å². The molecule has 1 heterocycles. The fraction of sp³-hybridized carbons (Fsp3) is 0.294. The van der Waals surface area contributed by atoms with Crippen molar-refractivity contribution in [3.8, 4) is 10.4 Å². The van der Waals surface area contributed by atoms with E-state index in [-0.39, 0.29) is 11.9 Å². The molecule has 1 aromatic heterocycles. The lowest BCUT2D eigenvalue weighted by Gasteiger charge is -2.12. The zero-order valence-corrected chi connectivity index (χ0v) is 14.1. The van der Waals surface area contributed by atoms with E-state index in [9.17, 15) is 9.59 Å². The van der Waals surface area contributed by atoms with Gasteiger partial charge in [-0.05, 0) is 49.6 Å². The van der Waals surface area contributed by atoms with E-state index in [0.29, 0.717) is 9.90 Å². The van der Waals surface area contributed by atoms with Gasteiger partial charge in [-0.1, -0.05) is 23.7 Å². The normalized spacial score (nSPS) is 15.0. The Labute approximate surface area is 143 Å². The van der Waals surface area contributed by atoms with Crippen LogP contribution in [0.3, 0.4) is 0 Å². The fourth-order valence-corrected chi connectivity index (χ4v) is 3.06. The van der Waals surface area contributed by atoms with Gasteiger partial charge in [0.1, 0.15) is 4.88 Å². The maximum atomic E-state index is 12.1. The van der Waals surface area contributed by atoms with Crippen molar-refractivity contribution < 1.29 is 14.3 Å². The van der Waals surface area contributed by atoms with E-state index in [1.165, 1.54) is 11.3 Å². The number of carbonyl (C=O) groups is 2. The minimum Gasteiger partial charge on any atom is -0.448 e. The molecule has 0 spiro atoms. The van der Waals surface area contributed by atoms with Gasteiger partial charge in [0.05, 0.1) is 0 Å². The number of rotatable bonds is 5. The van der Waals surface area contributed by atoms with E-state index in [4.69, 9.17) is 16.3 Å². The van der Waals surface area contributed by atoms with Crippen molar-refractivity contribution in [3.05, 3.63) is 46.3 Å². The first kappa shape index (κ1) is 16.0. The van der Waals surface area contributed by atoms with Gasteiger partial charge < -0.3 is 10.1 Å². The van der Waals surface area contributed by atoms with Crippen molar-refractivity contribution in [2.45, 2.75) is 31.9 Å². The zero-order chi connectivity index (χ0) is 16.4. The molecule has 1 amide bonds. The van der Waals surface area contributed by atoms with Gasteiger partial charge in [0, 0.05) is 15.9 Å². The molecule has 2 aromatic rings. The van der Waals surface area contributed by atoms with Crippen LogP contribution in [0.1, 0.15) is 29.4 Å². The van der Waals surface area contributed by atoms with Crippen LogP contribution in [-0.2, 0) is 9.53 Å². The molecular formula is C17H16ClNO3S. The summed E-state index contributed by atoms with van der Waals surface area (Å²) in [5, 5.41) is 3.49. The summed E-state index contributed by atoms with van der Waals surface area (Å²) in [5.41, 5.74) is 0.984. The van der Waals surface area contributed by atoms with Gasteiger partial charge in [-0.25, -0.2) is 4.79 Å². The molecule has 1 fully saturated rings. The average Bonchev–Trinajstić information content (AvgIpc) is 3.20. The van der Waals surface area contributed by atoms with Crippen molar-refractivity contribution in [1.29, 1.82) is 0 Å². The highest BCUT2D eigenvalue weighted by Crippen LogP contribution is 2.29. The summed E-state index contributed by atoms with van der Waals surface area (Å²) in [6.07, 6.45) is 1.22. The van der Waals surface area contributed by atoms with E-state index >= 15 is 0 Å². The van der Waals surface area contributed by atoms with Crippen LogP contribution < -0.4 is 5.32 Å². The molecule has 1 N–H and O–H groups in total. The molecule has 120 valence electrons. The van der Waals surface area contributed by atoms with Crippen LogP contribution >= 0.6 is 22.9 Å². The van der Waals surface area contributed by atoms with Gasteiger partial charge in [0.2, 0.25) is 0 Å². The molecule has 0 saturated heterocycles. The van der Waals surface area contributed by atoms with Crippen molar-refractivity contribution in [2.24, 2.45) is 0 Å². The Morgan fingerprint density at radius 1 is 1.22 bits per heavy atom. The summed E-state index contributed by atoms with van der Waals surface area (Å²) in [6, 6.07) is 11.2. The van der Waals surface area contributed by atoms with Gasteiger partial charge in [0.15, 0.2) is 6.10 Å². The summed E-state index contributed by atoms with van der Waals surface area (Å²) in [5.74, 6) is -0.719. The Hall–Kier alpha value is -1.85. The Bertz CT molecular complexity index is 722. The largest absolute Gasteiger partial charge is 0.448 e. The second-order valence-corrected chi connectivity index (χ2v) is 7.02. The molecule has 1 aliphatic carbocycles. The van der Waals surface area contributed by atoms with Gasteiger partial charge in [0.25, 0.3) is 5.91 Å². The van der Waals surface area contributed by atoms with Crippen LogP contribution in [0.2, 0.25) is 5.02 Å². The number of benzene rings is 1. The first-order chi connectivity index (χ1) is 11.0. The summed E-state index contributed by atoms with van der Waals surface area (Å²) >= 11 is 7.20. The zero-order valence-electron chi connectivity index (χ0n) is 12.5. The number of esters is 1. The van der Waals surface area contributed by atoms with Crippen LogP contribution in [-0.4, -0.2) is 24.0 Å². The standard InChI is InChI=1S/C17H16ClNO3S/c1-10(16(20)19-13-6-7-13)22-17(21)15-9-8-14(23-15)11-2-4-12(18)5-3-11/h2-5,8-10,13H,6-7H2,1H3,(H,19,20)/t10-/m1/s1. The quantitative estimate of drug-likeness (QED) is 0.833. The first-order valence-electron chi connectivity index (χ1n) is 7.40. The molecule has 0 bridgehead atoms. The van der Waals surface area contributed by atoms with Crippen molar-refractivity contribution in [1.82, 2.24) is 5.32 Å². The predicted octanol–water partition coefficient (Wildman–Crippen LogP) is 3.89. The molecule has 0 radical (unpaired) electrons. The lowest BCUT2D eigenvalue weighted by Crippen LogP contribution is -2.36. The van der Waals surface area contributed by atoms with E-state index in [2.05, 4.69) is 5.32 Å². The number of halogens is 1. The summed E-state index contributed by atoms with van der Waals surface area (Å²) in [4.78, 5) is 25.4. The summed E-state index contributed by atoms with van der Waals surface area (Å²) in [6.45, 7) is 1.59. The minimum absolute atomic E-state index is 0.240. The molecule has 6 heteroatoms.